The molecule has 1 saturated carbocycles. The first kappa shape index (κ1) is 11.7. The van der Waals surface area contributed by atoms with Gasteiger partial charge in [-0.3, -0.25) is 4.79 Å². The molecule has 86 valence electrons. The fourth-order valence-electron chi connectivity index (χ4n) is 2.18. The number of carbonyl (C=O) groups is 1. The van der Waals surface area contributed by atoms with Gasteiger partial charge in [0.15, 0.2) is 5.12 Å². The molecule has 1 fully saturated rings. The summed E-state index contributed by atoms with van der Waals surface area (Å²) in [6, 6.07) is 10.2. The van der Waals surface area contributed by atoms with Crippen LogP contribution in [0.3, 0.4) is 0 Å². The fraction of sp³-hybridized carbons (Fsp3) is 0.500. The Morgan fingerprint density at radius 3 is 2.50 bits per heavy atom. The van der Waals surface area contributed by atoms with Crippen LogP contribution in [0.25, 0.3) is 0 Å². The average molecular weight is 234 g/mol. The van der Waals surface area contributed by atoms with Crippen LogP contribution in [0.1, 0.15) is 38.2 Å². The van der Waals surface area contributed by atoms with Crippen LogP contribution in [0.15, 0.2) is 30.3 Å². The van der Waals surface area contributed by atoms with E-state index in [-0.39, 0.29) is 5.41 Å². The van der Waals surface area contributed by atoms with Gasteiger partial charge in [-0.15, -0.1) is 0 Å². The van der Waals surface area contributed by atoms with Gasteiger partial charge in [-0.2, -0.15) is 0 Å². The molecule has 0 aliphatic heterocycles. The van der Waals surface area contributed by atoms with E-state index in [0.717, 1.165) is 25.0 Å². The van der Waals surface area contributed by atoms with Gasteiger partial charge in [0.2, 0.25) is 0 Å². The van der Waals surface area contributed by atoms with Crippen LogP contribution in [0, 0.1) is 5.41 Å². The highest BCUT2D eigenvalue weighted by Crippen LogP contribution is 2.47. The second kappa shape index (κ2) is 5.05. The molecule has 0 atom stereocenters. The van der Waals surface area contributed by atoms with E-state index >= 15 is 0 Å². The third-order valence-electron chi connectivity index (χ3n) is 3.63. The van der Waals surface area contributed by atoms with Crippen molar-refractivity contribution < 1.29 is 4.79 Å². The Kier molecular flexibility index (Phi) is 3.70. The molecule has 0 bridgehead atoms. The first-order valence-corrected chi connectivity index (χ1v) is 6.96. The van der Waals surface area contributed by atoms with Crippen molar-refractivity contribution in [3.8, 4) is 0 Å². The Morgan fingerprint density at radius 1 is 1.31 bits per heavy atom. The SMILES string of the molecule is CCC1(C(=O)SCc2ccccc2)CCC1. The highest BCUT2D eigenvalue weighted by atomic mass is 32.2. The summed E-state index contributed by atoms with van der Waals surface area (Å²) in [5.74, 6) is 0.821. The Morgan fingerprint density at radius 2 is 2.00 bits per heavy atom. The lowest BCUT2D eigenvalue weighted by atomic mass is 9.68. The Hall–Kier alpha value is -0.760. The van der Waals surface area contributed by atoms with Gasteiger partial charge in [-0.25, -0.2) is 0 Å². The number of rotatable bonds is 4. The summed E-state index contributed by atoms with van der Waals surface area (Å²) in [7, 11) is 0. The molecule has 1 aromatic carbocycles. The summed E-state index contributed by atoms with van der Waals surface area (Å²) in [6.45, 7) is 2.14. The Balaban J connectivity index is 1.89. The summed E-state index contributed by atoms with van der Waals surface area (Å²) in [5.41, 5.74) is 1.27. The highest BCUT2D eigenvalue weighted by Gasteiger charge is 2.41. The Bertz CT molecular complexity index is 349. The number of thioether (sulfide) groups is 1. The summed E-state index contributed by atoms with van der Waals surface area (Å²) >= 11 is 1.50. The van der Waals surface area contributed by atoms with Crippen molar-refractivity contribution in [1.82, 2.24) is 0 Å². The van der Waals surface area contributed by atoms with Gasteiger partial charge in [0.05, 0.1) is 0 Å². The maximum Gasteiger partial charge on any atom is 0.195 e. The minimum atomic E-state index is 0.0272. The molecule has 0 radical (unpaired) electrons. The van der Waals surface area contributed by atoms with Gasteiger partial charge in [0, 0.05) is 11.2 Å². The number of hydrogen-bond acceptors (Lipinski definition) is 2. The van der Waals surface area contributed by atoms with Crippen molar-refractivity contribution in [3.05, 3.63) is 35.9 Å². The van der Waals surface area contributed by atoms with Crippen molar-refractivity contribution >= 4 is 16.9 Å². The lowest BCUT2D eigenvalue weighted by Crippen LogP contribution is -2.35. The first-order chi connectivity index (χ1) is 7.77. The van der Waals surface area contributed by atoms with Gasteiger partial charge in [-0.05, 0) is 24.8 Å². The standard InChI is InChI=1S/C14H18OS/c1-2-14(9-6-10-14)13(15)16-11-12-7-4-3-5-8-12/h3-5,7-8H,2,6,9-11H2,1H3. The van der Waals surface area contributed by atoms with Gasteiger partial charge in [0.25, 0.3) is 0 Å². The molecule has 0 N–H and O–H groups in total. The van der Waals surface area contributed by atoms with Crippen LogP contribution < -0.4 is 0 Å². The largest absolute Gasteiger partial charge is 0.287 e. The Labute approximate surface area is 102 Å². The zero-order valence-corrected chi connectivity index (χ0v) is 10.6. The van der Waals surface area contributed by atoms with E-state index in [4.69, 9.17) is 0 Å². The minimum absolute atomic E-state index is 0.0272. The molecular weight excluding hydrogens is 216 g/mol. The summed E-state index contributed by atoms with van der Waals surface area (Å²) < 4.78 is 0. The van der Waals surface area contributed by atoms with E-state index < -0.39 is 0 Å². The fourth-order valence-corrected chi connectivity index (χ4v) is 3.33. The van der Waals surface area contributed by atoms with Crippen LogP contribution in [-0.2, 0) is 10.5 Å². The molecule has 1 aromatic rings. The van der Waals surface area contributed by atoms with E-state index in [9.17, 15) is 4.79 Å². The van der Waals surface area contributed by atoms with Crippen LogP contribution in [0.5, 0.6) is 0 Å². The maximum absolute atomic E-state index is 12.1. The van der Waals surface area contributed by atoms with Crippen LogP contribution in [0.4, 0.5) is 0 Å². The molecule has 1 aliphatic carbocycles. The molecule has 0 aromatic heterocycles. The van der Waals surface area contributed by atoms with Gasteiger partial charge < -0.3 is 0 Å². The van der Waals surface area contributed by atoms with E-state index in [1.54, 1.807) is 0 Å². The van der Waals surface area contributed by atoms with Crippen molar-refractivity contribution in [1.29, 1.82) is 0 Å². The van der Waals surface area contributed by atoms with Gasteiger partial charge >= 0.3 is 0 Å². The number of benzene rings is 1. The van der Waals surface area contributed by atoms with Gasteiger partial charge in [0.1, 0.15) is 0 Å². The predicted octanol–water partition coefficient (Wildman–Crippen LogP) is 4.03. The van der Waals surface area contributed by atoms with Crippen molar-refractivity contribution in [2.75, 3.05) is 0 Å². The molecule has 2 heteroatoms. The van der Waals surface area contributed by atoms with E-state index in [1.165, 1.54) is 23.7 Å². The molecule has 1 aliphatic rings. The maximum atomic E-state index is 12.1. The van der Waals surface area contributed by atoms with Crippen molar-refractivity contribution in [2.45, 2.75) is 38.4 Å². The summed E-state index contributed by atoms with van der Waals surface area (Å²) in [5, 5.41) is 0.408. The average Bonchev–Trinajstić information content (AvgIpc) is 2.27. The minimum Gasteiger partial charge on any atom is -0.287 e. The zero-order valence-electron chi connectivity index (χ0n) is 9.74. The second-order valence-electron chi connectivity index (χ2n) is 4.55. The second-order valence-corrected chi connectivity index (χ2v) is 5.50. The van der Waals surface area contributed by atoms with Crippen molar-refractivity contribution in [2.24, 2.45) is 5.41 Å². The van der Waals surface area contributed by atoms with E-state index in [0.29, 0.717) is 5.12 Å². The van der Waals surface area contributed by atoms with Crippen LogP contribution >= 0.6 is 11.8 Å². The number of hydrogen-bond donors (Lipinski definition) is 0. The lowest BCUT2D eigenvalue weighted by molar-refractivity contribution is -0.124. The van der Waals surface area contributed by atoms with E-state index in [2.05, 4.69) is 19.1 Å². The van der Waals surface area contributed by atoms with Crippen LogP contribution in [0.2, 0.25) is 0 Å². The molecule has 16 heavy (non-hydrogen) atoms. The molecule has 0 spiro atoms. The molecule has 0 unspecified atom stereocenters. The quantitative estimate of drug-likeness (QED) is 0.782. The lowest BCUT2D eigenvalue weighted by Gasteiger charge is -2.39. The highest BCUT2D eigenvalue weighted by molar-refractivity contribution is 8.13. The topological polar surface area (TPSA) is 17.1 Å². The van der Waals surface area contributed by atoms with E-state index in [1.807, 2.05) is 18.2 Å². The molecule has 1 nitrogen and oxygen atoms in total. The van der Waals surface area contributed by atoms with Gasteiger partial charge in [-0.1, -0.05) is 55.4 Å². The molecule has 0 amide bonds. The molecule has 2 rings (SSSR count). The predicted molar refractivity (Wildman–Crippen MR) is 69.3 cm³/mol. The number of carbonyl (C=O) groups excluding carboxylic acids is 1. The molecule has 0 heterocycles. The molecule has 0 saturated heterocycles. The summed E-state index contributed by atoms with van der Waals surface area (Å²) in [6.07, 6.45) is 4.44. The summed E-state index contributed by atoms with van der Waals surface area (Å²) in [4.78, 5) is 12.1. The van der Waals surface area contributed by atoms with Crippen molar-refractivity contribution in [3.63, 3.8) is 0 Å². The monoisotopic (exact) mass is 234 g/mol. The first-order valence-electron chi connectivity index (χ1n) is 5.98. The molecular formula is C14H18OS. The van der Waals surface area contributed by atoms with Crippen LogP contribution in [-0.4, -0.2) is 5.12 Å². The third-order valence-corrected chi connectivity index (χ3v) is 4.81. The zero-order chi connectivity index (χ0) is 11.4. The third kappa shape index (κ3) is 2.32. The smallest absolute Gasteiger partial charge is 0.195 e. The normalized spacial score (nSPS) is 17.8.